The molecule has 84 valence electrons. The third-order valence-electron chi connectivity index (χ3n) is 2.33. The number of nitrogens with zero attached hydrogens (tertiary/aromatic N) is 1. The molecule has 0 spiro atoms. The first-order valence-corrected chi connectivity index (χ1v) is 4.91. The van der Waals surface area contributed by atoms with Gasteiger partial charge in [0.05, 0.1) is 17.5 Å². The van der Waals surface area contributed by atoms with E-state index >= 15 is 0 Å². The Labute approximate surface area is 95.8 Å². The minimum atomic E-state index is -1.00. The molecule has 0 aliphatic carbocycles. The molecule has 5 heteroatoms. The highest BCUT2D eigenvalue weighted by Gasteiger charge is 2.17. The fourth-order valence-corrected chi connectivity index (χ4v) is 1.71. The minimum Gasteiger partial charge on any atom is -0.494 e. The summed E-state index contributed by atoms with van der Waals surface area (Å²) in [7, 11) is 1.36. The van der Waals surface area contributed by atoms with Crippen LogP contribution in [0.4, 0.5) is 8.78 Å². The Morgan fingerprint density at radius 2 is 2.06 bits per heavy atom. The van der Waals surface area contributed by atoms with Gasteiger partial charge >= 0.3 is 0 Å². The number of benzene rings is 1. The molecule has 0 unspecified atom stereocenters. The molecule has 0 aliphatic rings. The van der Waals surface area contributed by atoms with Crippen LogP contribution in [-0.2, 0) is 0 Å². The Bertz CT molecular complexity index is 563. The van der Waals surface area contributed by atoms with Crippen molar-refractivity contribution in [2.45, 2.75) is 6.92 Å². The summed E-state index contributed by atoms with van der Waals surface area (Å²) in [6.45, 7) is 1.67. The molecular formula is C11H8ClF2NO. The highest BCUT2D eigenvalue weighted by Crippen LogP contribution is 2.34. The smallest absolute Gasteiger partial charge is 0.170 e. The van der Waals surface area contributed by atoms with E-state index in [9.17, 15) is 8.78 Å². The molecule has 0 radical (unpaired) electrons. The van der Waals surface area contributed by atoms with Crippen molar-refractivity contribution in [3.63, 3.8) is 0 Å². The van der Waals surface area contributed by atoms with Gasteiger partial charge in [0.2, 0.25) is 0 Å². The second-order valence-corrected chi connectivity index (χ2v) is 3.73. The SMILES string of the molecule is COc1cc(F)c(F)c2c(Cl)c(C)cnc12. The van der Waals surface area contributed by atoms with Gasteiger partial charge in [-0.3, -0.25) is 4.98 Å². The molecule has 1 aromatic heterocycles. The first kappa shape index (κ1) is 11.1. The molecule has 0 aliphatic heterocycles. The van der Waals surface area contributed by atoms with E-state index < -0.39 is 11.6 Å². The molecule has 2 rings (SSSR count). The third kappa shape index (κ3) is 1.50. The number of aromatic nitrogens is 1. The lowest BCUT2D eigenvalue weighted by atomic mass is 10.1. The Kier molecular flexibility index (Phi) is 2.68. The van der Waals surface area contributed by atoms with E-state index in [4.69, 9.17) is 16.3 Å². The monoisotopic (exact) mass is 243 g/mol. The number of methoxy groups -OCH3 is 1. The van der Waals surface area contributed by atoms with Crippen LogP contribution in [0.3, 0.4) is 0 Å². The van der Waals surface area contributed by atoms with Crippen LogP contribution < -0.4 is 4.74 Å². The highest BCUT2D eigenvalue weighted by molar-refractivity contribution is 6.36. The van der Waals surface area contributed by atoms with E-state index in [0.29, 0.717) is 5.56 Å². The number of fused-ring (bicyclic) bond motifs is 1. The zero-order chi connectivity index (χ0) is 11.9. The number of halogens is 3. The highest BCUT2D eigenvalue weighted by atomic mass is 35.5. The molecule has 1 aromatic carbocycles. The second kappa shape index (κ2) is 3.87. The fraction of sp³-hybridized carbons (Fsp3) is 0.182. The van der Waals surface area contributed by atoms with Crippen LogP contribution in [0.15, 0.2) is 12.3 Å². The second-order valence-electron chi connectivity index (χ2n) is 3.35. The normalized spacial score (nSPS) is 10.8. The van der Waals surface area contributed by atoms with Crippen LogP contribution in [-0.4, -0.2) is 12.1 Å². The van der Waals surface area contributed by atoms with E-state index in [1.165, 1.54) is 13.3 Å². The number of aryl methyl sites for hydroxylation is 1. The van der Waals surface area contributed by atoms with Crippen molar-refractivity contribution in [1.29, 1.82) is 0 Å². The molecule has 2 aromatic rings. The lowest BCUT2D eigenvalue weighted by Gasteiger charge is -2.09. The van der Waals surface area contributed by atoms with Gasteiger partial charge < -0.3 is 4.74 Å². The van der Waals surface area contributed by atoms with Crippen molar-refractivity contribution < 1.29 is 13.5 Å². The summed E-state index contributed by atoms with van der Waals surface area (Å²) in [6.07, 6.45) is 1.49. The molecule has 0 atom stereocenters. The number of pyridine rings is 1. The quantitative estimate of drug-likeness (QED) is 0.765. The van der Waals surface area contributed by atoms with Crippen molar-refractivity contribution in [1.82, 2.24) is 4.98 Å². The summed E-state index contributed by atoms with van der Waals surface area (Å²) in [4.78, 5) is 4.00. The van der Waals surface area contributed by atoms with Crippen molar-refractivity contribution in [3.8, 4) is 5.75 Å². The minimum absolute atomic E-state index is 0.0430. The summed E-state index contributed by atoms with van der Waals surface area (Å²) in [5.74, 6) is -1.84. The largest absolute Gasteiger partial charge is 0.494 e. The lowest BCUT2D eigenvalue weighted by Crippen LogP contribution is -1.96. The van der Waals surface area contributed by atoms with E-state index in [0.717, 1.165) is 6.07 Å². The van der Waals surface area contributed by atoms with E-state index in [-0.39, 0.29) is 21.7 Å². The summed E-state index contributed by atoms with van der Waals surface area (Å²) in [5.41, 5.74) is 0.803. The first-order valence-electron chi connectivity index (χ1n) is 4.53. The Hall–Kier alpha value is -1.42. The average molecular weight is 244 g/mol. The predicted octanol–water partition coefficient (Wildman–Crippen LogP) is 3.48. The molecule has 2 nitrogen and oxygen atoms in total. The van der Waals surface area contributed by atoms with Crippen molar-refractivity contribution >= 4 is 22.5 Å². The zero-order valence-electron chi connectivity index (χ0n) is 8.64. The van der Waals surface area contributed by atoms with Gasteiger partial charge in [-0.1, -0.05) is 11.6 Å². The van der Waals surface area contributed by atoms with Gasteiger partial charge in [0.1, 0.15) is 11.3 Å². The molecule has 0 bridgehead atoms. The van der Waals surface area contributed by atoms with E-state index in [1.54, 1.807) is 6.92 Å². The predicted molar refractivity (Wildman–Crippen MR) is 58.0 cm³/mol. The van der Waals surface area contributed by atoms with Crippen molar-refractivity contribution in [2.75, 3.05) is 7.11 Å². The summed E-state index contributed by atoms with van der Waals surface area (Å²) in [6, 6.07) is 0.955. The van der Waals surface area contributed by atoms with Crippen LogP contribution in [0, 0.1) is 18.6 Å². The summed E-state index contributed by atoms with van der Waals surface area (Å²) in [5, 5.41) is 0.110. The van der Waals surface area contributed by atoms with Gasteiger partial charge in [-0.2, -0.15) is 0 Å². The molecule has 0 saturated heterocycles. The van der Waals surface area contributed by atoms with E-state index in [1.807, 2.05) is 0 Å². The lowest BCUT2D eigenvalue weighted by molar-refractivity contribution is 0.412. The maximum atomic E-state index is 13.6. The Morgan fingerprint density at radius 3 is 2.69 bits per heavy atom. The molecular weight excluding hydrogens is 236 g/mol. The Morgan fingerprint density at radius 1 is 1.38 bits per heavy atom. The molecule has 16 heavy (non-hydrogen) atoms. The van der Waals surface area contributed by atoms with Crippen LogP contribution in [0.2, 0.25) is 5.02 Å². The van der Waals surface area contributed by atoms with E-state index in [2.05, 4.69) is 4.98 Å². The maximum absolute atomic E-state index is 13.6. The van der Waals surface area contributed by atoms with Gasteiger partial charge in [-0.15, -0.1) is 0 Å². The maximum Gasteiger partial charge on any atom is 0.170 e. The standard InChI is InChI=1S/C11H8ClF2NO/c1-5-4-15-11-7(16-2)3-6(13)10(14)8(11)9(5)12/h3-4H,1-2H3. The van der Waals surface area contributed by atoms with Crippen LogP contribution >= 0.6 is 11.6 Å². The first-order chi connectivity index (χ1) is 7.56. The van der Waals surface area contributed by atoms with Crippen molar-refractivity contribution in [3.05, 3.63) is 34.5 Å². The number of rotatable bonds is 1. The molecule has 0 saturated carbocycles. The zero-order valence-corrected chi connectivity index (χ0v) is 9.40. The van der Waals surface area contributed by atoms with Gasteiger partial charge in [0.15, 0.2) is 11.6 Å². The molecule has 0 amide bonds. The van der Waals surface area contributed by atoms with Crippen LogP contribution in [0.1, 0.15) is 5.56 Å². The average Bonchev–Trinajstić information content (AvgIpc) is 2.27. The third-order valence-corrected chi connectivity index (χ3v) is 2.82. The number of hydrogen-bond acceptors (Lipinski definition) is 2. The molecule has 0 fully saturated rings. The summed E-state index contributed by atoms with van der Waals surface area (Å²) >= 11 is 5.93. The van der Waals surface area contributed by atoms with Crippen molar-refractivity contribution in [2.24, 2.45) is 0 Å². The van der Waals surface area contributed by atoms with Gasteiger partial charge in [-0.25, -0.2) is 8.78 Å². The van der Waals surface area contributed by atoms with Gasteiger partial charge in [0, 0.05) is 12.3 Å². The van der Waals surface area contributed by atoms with Crippen LogP contribution in [0.25, 0.3) is 10.9 Å². The summed E-state index contributed by atoms with van der Waals surface area (Å²) < 4.78 is 31.8. The number of ether oxygens (including phenoxy) is 1. The van der Waals surface area contributed by atoms with Gasteiger partial charge in [-0.05, 0) is 12.5 Å². The number of hydrogen-bond donors (Lipinski definition) is 0. The molecule has 1 heterocycles. The van der Waals surface area contributed by atoms with Gasteiger partial charge in [0.25, 0.3) is 0 Å². The van der Waals surface area contributed by atoms with Crippen LogP contribution in [0.5, 0.6) is 5.75 Å². The Balaban J connectivity index is 2.99. The fourth-order valence-electron chi connectivity index (χ4n) is 1.49. The molecule has 0 N–H and O–H groups in total. The topological polar surface area (TPSA) is 22.1 Å².